The number of fused-ring (bicyclic) bond motifs is 1. The molecule has 1 heterocycles. The molecule has 0 aromatic heterocycles. The van der Waals surface area contributed by atoms with Gasteiger partial charge in [0.1, 0.15) is 0 Å². The zero-order valence-corrected chi connectivity index (χ0v) is 12.0. The molecule has 1 fully saturated rings. The van der Waals surface area contributed by atoms with E-state index in [1.54, 1.807) is 0 Å². The van der Waals surface area contributed by atoms with Gasteiger partial charge in [0.15, 0.2) is 11.5 Å². The molecule has 4 heteroatoms. The molecule has 1 aromatic carbocycles. The molecular weight excluding hydrogens is 258 g/mol. The summed E-state index contributed by atoms with van der Waals surface area (Å²) in [5, 5.41) is 0.699. The molecule has 0 saturated heterocycles. The summed E-state index contributed by atoms with van der Waals surface area (Å²) in [5.74, 6) is 1.78. The lowest BCUT2D eigenvalue weighted by molar-refractivity contribution is 0.297. The maximum atomic E-state index is 5.95. The maximum absolute atomic E-state index is 5.95. The van der Waals surface area contributed by atoms with Gasteiger partial charge in [-0.2, -0.15) is 0 Å². The van der Waals surface area contributed by atoms with E-state index in [4.69, 9.17) is 15.2 Å². The number of benzene rings is 1. The lowest BCUT2D eigenvalue weighted by atomic mass is 9.96. The fourth-order valence-electron chi connectivity index (χ4n) is 2.62. The van der Waals surface area contributed by atoms with Gasteiger partial charge in [0.2, 0.25) is 0 Å². The standard InChI is InChI=1S/C15H21NO2S/c16-11-2-4-12(5-3-11)19-13-6-7-14-15(10-13)18-9-1-8-17-14/h6-7,10-12H,1-5,8-9,16H2. The average Bonchev–Trinajstić information content (AvgIpc) is 2.66. The Morgan fingerprint density at radius 2 is 1.74 bits per heavy atom. The van der Waals surface area contributed by atoms with E-state index in [2.05, 4.69) is 12.1 Å². The SMILES string of the molecule is NC1CCC(Sc2ccc3c(c2)OCCCO3)CC1. The number of hydrogen-bond acceptors (Lipinski definition) is 4. The Labute approximate surface area is 118 Å². The van der Waals surface area contributed by atoms with Gasteiger partial charge in [-0.25, -0.2) is 0 Å². The summed E-state index contributed by atoms with van der Waals surface area (Å²) in [7, 11) is 0. The zero-order chi connectivity index (χ0) is 13.1. The van der Waals surface area contributed by atoms with Crippen LogP contribution in [-0.4, -0.2) is 24.5 Å². The topological polar surface area (TPSA) is 44.5 Å². The van der Waals surface area contributed by atoms with Gasteiger partial charge in [-0.05, 0) is 43.9 Å². The number of nitrogens with two attached hydrogens (primary N) is 1. The Bertz CT molecular complexity index is 430. The Morgan fingerprint density at radius 3 is 2.53 bits per heavy atom. The predicted octanol–water partition coefficient (Wildman–Crippen LogP) is 3.21. The molecule has 1 saturated carbocycles. The lowest BCUT2D eigenvalue weighted by Crippen LogP contribution is -2.27. The van der Waals surface area contributed by atoms with E-state index in [0.29, 0.717) is 11.3 Å². The molecule has 1 aliphatic heterocycles. The van der Waals surface area contributed by atoms with E-state index in [1.807, 2.05) is 17.8 Å². The van der Waals surface area contributed by atoms with Crippen LogP contribution in [0.25, 0.3) is 0 Å². The van der Waals surface area contributed by atoms with Crippen molar-refractivity contribution in [3.63, 3.8) is 0 Å². The first-order valence-electron chi connectivity index (χ1n) is 7.13. The largest absolute Gasteiger partial charge is 0.490 e. The smallest absolute Gasteiger partial charge is 0.162 e. The first-order valence-corrected chi connectivity index (χ1v) is 8.01. The third-order valence-electron chi connectivity index (χ3n) is 3.74. The van der Waals surface area contributed by atoms with E-state index in [1.165, 1.54) is 17.7 Å². The van der Waals surface area contributed by atoms with Gasteiger partial charge in [-0.3, -0.25) is 0 Å². The number of thioether (sulfide) groups is 1. The van der Waals surface area contributed by atoms with Crippen molar-refractivity contribution < 1.29 is 9.47 Å². The molecule has 2 aliphatic rings. The van der Waals surface area contributed by atoms with Crippen LogP contribution in [-0.2, 0) is 0 Å². The Hall–Kier alpha value is -0.870. The second-order valence-corrected chi connectivity index (χ2v) is 6.69. The highest BCUT2D eigenvalue weighted by molar-refractivity contribution is 8.00. The van der Waals surface area contributed by atoms with Gasteiger partial charge in [-0.1, -0.05) is 0 Å². The molecule has 104 valence electrons. The van der Waals surface area contributed by atoms with Crippen LogP contribution in [0.5, 0.6) is 11.5 Å². The van der Waals surface area contributed by atoms with E-state index in [0.717, 1.165) is 44.0 Å². The molecule has 0 spiro atoms. The number of rotatable bonds is 2. The summed E-state index contributed by atoms with van der Waals surface area (Å²) >= 11 is 1.96. The minimum atomic E-state index is 0.417. The molecule has 1 aromatic rings. The van der Waals surface area contributed by atoms with Crippen molar-refractivity contribution in [2.45, 2.75) is 48.3 Å². The van der Waals surface area contributed by atoms with Crippen LogP contribution in [0, 0.1) is 0 Å². The van der Waals surface area contributed by atoms with E-state index >= 15 is 0 Å². The monoisotopic (exact) mass is 279 g/mol. The second-order valence-electron chi connectivity index (χ2n) is 5.31. The molecular formula is C15H21NO2S. The third kappa shape index (κ3) is 3.37. The van der Waals surface area contributed by atoms with Crippen molar-refractivity contribution in [3.05, 3.63) is 18.2 Å². The summed E-state index contributed by atoms with van der Waals surface area (Å²) in [6.07, 6.45) is 5.71. The van der Waals surface area contributed by atoms with E-state index < -0.39 is 0 Å². The fraction of sp³-hybridized carbons (Fsp3) is 0.600. The average molecular weight is 279 g/mol. The summed E-state index contributed by atoms with van der Waals surface area (Å²) < 4.78 is 11.4. The predicted molar refractivity (Wildman–Crippen MR) is 78.1 cm³/mol. The van der Waals surface area contributed by atoms with Gasteiger partial charge in [-0.15, -0.1) is 11.8 Å². The van der Waals surface area contributed by atoms with Gasteiger partial charge in [0.25, 0.3) is 0 Å². The maximum Gasteiger partial charge on any atom is 0.162 e. The van der Waals surface area contributed by atoms with Gasteiger partial charge < -0.3 is 15.2 Å². The summed E-state index contributed by atoms with van der Waals surface area (Å²) in [6.45, 7) is 1.50. The van der Waals surface area contributed by atoms with E-state index in [9.17, 15) is 0 Å². The Morgan fingerprint density at radius 1 is 1.00 bits per heavy atom. The third-order valence-corrected chi connectivity index (χ3v) is 5.07. The molecule has 0 bridgehead atoms. The van der Waals surface area contributed by atoms with Crippen LogP contribution in [0.2, 0.25) is 0 Å². The second kappa shape index (κ2) is 6.06. The van der Waals surface area contributed by atoms with Crippen LogP contribution in [0.1, 0.15) is 32.1 Å². The summed E-state index contributed by atoms with van der Waals surface area (Å²) in [4.78, 5) is 1.28. The van der Waals surface area contributed by atoms with Gasteiger partial charge in [0, 0.05) is 22.6 Å². The molecule has 0 amide bonds. The van der Waals surface area contributed by atoms with Crippen LogP contribution in [0.15, 0.2) is 23.1 Å². The van der Waals surface area contributed by atoms with E-state index in [-0.39, 0.29) is 0 Å². The van der Waals surface area contributed by atoms with Crippen LogP contribution in [0.3, 0.4) is 0 Å². The van der Waals surface area contributed by atoms with Crippen LogP contribution >= 0.6 is 11.8 Å². The fourth-order valence-corrected chi connectivity index (χ4v) is 3.83. The first-order chi connectivity index (χ1) is 9.31. The molecule has 3 rings (SSSR count). The van der Waals surface area contributed by atoms with Crippen LogP contribution < -0.4 is 15.2 Å². The van der Waals surface area contributed by atoms with Crippen molar-refractivity contribution >= 4 is 11.8 Å². The Balaban J connectivity index is 1.66. The van der Waals surface area contributed by atoms with Crippen molar-refractivity contribution in [1.29, 1.82) is 0 Å². The normalized spacial score (nSPS) is 26.8. The highest BCUT2D eigenvalue weighted by Gasteiger charge is 2.20. The summed E-state index contributed by atoms with van der Waals surface area (Å²) in [6, 6.07) is 6.73. The van der Waals surface area contributed by atoms with Crippen molar-refractivity contribution in [3.8, 4) is 11.5 Å². The number of ether oxygens (including phenoxy) is 2. The quantitative estimate of drug-likeness (QED) is 0.903. The molecule has 0 radical (unpaired) electrons. The molecule has 0 unspecified atom stereocenters. The minimum absolute atomic E-state index is 0.417. The minimum Gasteiger partial charge on any atom is -0.490 e. The highest BCUT2D eigenvalue weighted by Crippen LogP contribution is 2.38. The molecule has 1 aliphatic carbocycles. The van der Waals surface area contributed by atoms with Crippen LogP contribution in [0.4, 0.5) is 0 Å². The molecule has 19 heavy (non-hydrogen) atoms. The van der Waals surface area contributed by atoms with Crippen molar-refractivity contribution in [2.24, 2.45) is 5.73 Å². The molecule has 2 N–H and O–H groups in total. The van der Waals surface area contributed by atoms with Gasteiger partial charge >= 0.3 is 0 Å². The van der Waals surface area contributed by atoms with Crippen molar-refractivity contribution in [2.75, 3.05) is 13.2 Å². The molecule has 3 nitrogen and oxygen atoms in total. The highest BCUT2D eigenvalue weighted by atomic mass is 32.2. The Kier molecular flexibility index (Phi) is 4.18. The lowest BCUT2D eigenvalue weighted by Gasteiger charge is -2.25. The zero-order valence-electron chi connectivity index (χ0n) is 11.1. The first kappa shape index (κ1) is 13.1. The van der Waals surface area contributed by atoms with Gasteiger partial charge in [0.05, 0.1) is 13.2 Å². The van der Waals surface area contributed by atoms with Crippen molar-refractivity contribution in [1.82, 2.24) is 0 Å². The number of hydrogen-bond donors (Lipinski definition) is 1. The summed E-state index contributed by atoms with van der Waals surface area (Å²) in [5.41, 5.74) is 5.95. The molecule has 0 atom stereocenters.